The van der Waals surface area contributed by atoms with E-state index in [-0.39, 0.29) is 6.42 Å². The van der Waals surface area contributed by atoms with E-state index < -0.39 is 17.5 Å². The van der Waals surface area contributed by atoms with Crippen LogP contribution in [0.25, 0.3) is 0 Å². The number of halogens is 5. The molecule has 0 spiro atoms. The van der Waals surface area contributed by atoms with Gasteiger partial charge in [0.05, 0.1) is 5.56 Å². The van der Waals surface area contributed by atoms with Gasteiger partial charge in [-0.2, -0.15) is 13.2 Å². The molecule has 106 valence electrons. The molecule has 0 amide bonds. The second-order valence-electron chi connectivity index (χ2n) is 4.25. The summed E-state index contributed by atoms with van der Waals surface area (Å²) in [6, 6.07) is 7.71. The monoisotopic (exact) mass is 320 g/mol. The van der Waals surface area contributed by atoms with Crippen LogP contribution in [0.3, 0.4) is 0 Å². The Hall–Kier alpha value is -1.39. The van der Waals surface area contributed by atoms with E-state index in [9.17, 15) is 18.3 Å². The number of benzene rings is 2. The van der Waals surface area contributed by atoms with Crippen LogP contribution in [0.4, 0.5) is 13.2 Å². The largest absolute Gasteiger partial charge is 0.508 e. The van der Waals surface area contributed by atoms with E-state index in [4.69, 9.17) is 23.2 Å². The fraction of sp³-hybridized carbons (Fsp3) is 0.143. The van der Waals surface area contributed by atoms with Crippen molar-refractivity contribution in [1.29, 1.82) is 0 Å². The van der Waals surface area contributed by atoms with E-state index in [1.807, 2.05) is 0 Å². The number of phenolic OH excluding ortho intramolecular Hbond substituents is 1. The molecule has 0 aliphatic rings. The summed E-state index contributed by atoms with van der Waals surface area (Å²) in [5.74, 6) is -0.411. The maximum Gasteiger partial charge on any atom is 0.416 e. The Morgan fingerprint density at radius 3 is 2.15 bits per heavy atom. The van der Waals surface area contributed by atoms with Crippen molar-refractivity contribution in [3.05, 3.63) is 63.1 Å². The number of alkyl halides is 3. The molecule has 0 saturated heterocycles. The van der Waals surface area contributed by atoms with Crippen molar-refractivity contribution in [2.45, 2.75) is 12.6 Å². The van der Waals surface area contributed by atoms with Crippen molar-refractivity contribution in [3.8, 4) is 5.75 Å². The molecule has 0 aliphatic heterocycles. The summed E-state index contributed by atoms with van der Waals surface area (Å²) in [6.45, 7) is 0. The molecule has 0 radical (unpaired) electrons. The molecule has 2 aromatic rings. The number of aromatic hydroxyl groups is 1. The summed E-state index contributed by atoms with van der Waals surface area (Å²) in [7, 11) is 0. The van der Waals surface area contributed by atoms with Crippen LogP contribution in [0.5, 0.6) is 5.75 Å². The molecule has 0 aliphatic carbocycles. The molecule has 1 nitrogen and oxygen atoms in total. The van der Waals surface area contributed by atoms with Gasteiger partial charge in [-0.05, 0) is 35.4 Å². The van der Waals surface area contributed by atoms with Gasteiger partial charge in [0, 0.05) is 16.5 Å². The second kappa shape index (κ2) is 5.54. The van der Waals surface area contributed by atoms with Gasteiger partial charge >= 0.3 is 6.18 Å². The summed E-state index contributed by atoms with van der Waals surface area (Å²) >= 11 is 11.8. The molecular formula is C14H9Cl2F3O. The molecule has 2 aromatic carbocycles. The van der Waals surface area contributed by atoms with E-state index in [0.29, 0.717) is 27.2 Å². The topological polar surface area (TPSA) is 20.2 Å². The van der Waals surface area contributed by atoms with Crippen molar-refractivity contribution < 1.29 is 18.3 Å². The average molecular weight is 321 g/mol. The second-order valence-corrected chi connectivity index (χ2v) is 5.10. The third-order valence-corrected chi connectivity index (χ3v) is 3.40. The highest BCUT2D eigenvalue weighted by Gasteiger charge is 2.31. The van der Waals surface area contributed by atoms with Crippen molar-refractivity contribution in [1.82, 2.24) is 0 Å². The highest BCUT2D eigenvalue weighted by atomic mass is 35.5. The standard InChI is InChI=1S/C14H9Cl2F3O/c15-11-4-2-8(12(16)7-11)5-9-1-3-10(6-13(9)20)14(17,18)19/h1-4,6-7,20H,5H2. The summed E-state index contributed by atoms with van der Waals surface area (Å²) < 4.78 is 37.5. The fourth-order valence-corrected chi connectivity index (χ4v) is 2.24. The van der Waals surface area contributed by atoms with E-state index in [2.05, 4.69) is 0 Å². The summed E-state index contributed by atoms with van der Waals surface area (Å²) in [4.78, 5) is 0. The van der Waals surface area contributed by atoms with Gasteiger partial charge in [0.1, 0.15) is 5.75 Å². The van der Waals surface area contributed by atoms with Crippen LogP contribution in [-0.2, 0) is 12.6 Å². The molecule has 0 heterocycles. The summed E-state index contributed by atoms with van der Waals surface area (Å²) in [5.41, 5.74) is 0.148. The molecule has 0 bridgehead atoms. The van der Waals surface area contributed by atoms with E-state index in [1.54, 1.807) is 18.2 Å². The van der Waals surface area contributed by atoms with Crippen molar-refractivity contribution in [2.24, 2.45) is 0 Å². The lowest BCUT2D eigenvalue weighted by molar-refractivity contribution is -0.137. The van der Waals surface area contributed by atoms with Gasteiger partial charge in [-0.1, -0.05) is 35.3 Å². The molecule has 20 heavy (non-hydrogen) atoms. The Morgan fingerprint density at radius 1 is 0.950 bits per heavy atom. The lowest BCUT2D eigenvalue weighted by Crippen LogP contribution is -2.05. The quantitative estimate of drug-likeness (QED) is 0.795. The molecule has 2 rings (SSSR count). The number of phenols is 1. The first kappa shape index (κ1) is 15.0. The lowest BCUT2D eigenvalue weighted by atomic mass is 10.0. The SMILES string of the molecule is Oc1cc(C(F)(F)F)ccc1Cc1ccc(Cl)cc1Cl. The number of hydrogen-bond donors (Lipinski definition) is 1. The third-order valence-electron chi connectivity index (χ3n) is 2.81. The maximum absolute atomic E-state index is 12.5. The lowest BCUT2D eigenvalue weighted by Gasteiger charge is -2.11. The highest BCUT2D eigenvalue weighted by Crippen LogP contribution is 2.34. The predicted octanol–water partition coefficient (Wildman–Crippen LogP) is 5.31. The molecule has 1 N–H and O–H groups in total. The molecule has 6 heteroatoms. The van der Waals surface area contributed by atoms with E-state index in [0.717, 1.165) is 6.07 Å². The first-order valence-corrected chi connectivity index (χ1v) is 6.36. The maximum atomic E-state index is 12.5. The zero-order valence-corrected chi connectivity index (χ0v) is 11.5. The number of rotatable bonds is 2. The van der Waals surface area contributed by atoms with Crippen LogP contribution in [0.15, 0.2) is 36.4 Å². The molecular weight excluding hydrogens is 312 g/mol. The molecule has 0 saturated carbocycles. The van der Waals surface area contributed by atoms with Gasteiger partial charge in [0.2, 0.25) is 0 Å². The minimum absolute atomic E-state index is 0.222. The van der Waals surface area contributed by atoms with Crippen LogP contribution >= 0.6 is 23.2 Å². The smallest absolute Gasteiger partial charge is 0.416 e. The molecule has 0 aromatic heterocycles. The first-order valence-electron chi connectivity index (χ1n) is 5.60. The minimum Gasteiger partial charge on any atom is -0.508 e. The normalized spacial score (nSPS) is 11.7. The summed E-state index contributed by atoms with van der Waals surface area (Å²) in [5, 5.41) is 10.6. The Kier molecular flexibility index (Phi) is 4.16. The Morgan fingerprint density at radius 2 is 1.60 bits per heavy atom. The predicted molar refractivity (Wildman–Crippen MR) is 72.4 cm³/mol. The van der Waals surface area contributed by atoms with Crippen LogP contribution in [0, 0.1) is 0 Å². The highest BCUT2D eigenvalue weighted by molar-refractivity contribution is 6.35. The average Bonchev–Trinajstić information content (AvgIpc) is 2.33. The van der Waals surface area contributed by atoms with Crippen LogP contribution in [0.2, 0.25) is 10.0 Å². The minimum atomic E-state index is -4.48. The van der Waals surface area contributed by atoms with Crippen LogP contribution in [-0.4, -0.2) is 5.11 Å². The van der Waals surface area contributed by atoms with Crippen molar-refractivity contribution in [2.75, 3.05) is 0 Å². The van der Waals surface area contributed by atoms with Gasteiger partial charge in [0.15, 0.2) is 0 Å². The molecule has 0 unspecified atom stereocenters. The third kappa shape index (κ3) is 3.38. The fourth-order valence-electron chi connectivity index (χ4n) is 1.76. The van der Waals surface area contributed by atoms with Gasteiger partial charge in [-0.3, -0.25) is 0 Å². The number of hydrogen-bond acceptors (Lipinski definition) is 1. The van der Waals surface area contributed by atoms with Gasteiger partial charge in [0.25, 0.3) is 0 Å². The Labute approximate surface area is 123 Å². The van der Waals surface area contributed by atoms with Crippen molar-refractivity contribution >= 4 is 23.2 Å². The molecule has 0 fully saturated rings. The van der Waals surface area contributed by atoms with Crippen LogP contribution in [0.1, 0.15) is 16.7 Å². The van der Waals surface area contributed by atoms with E-state index in [1.165, 1.54) is 6.07 Å². The zero-order valence-electron chi connectivity index (χ0n) is 10.0. The molecule has 0 atom stereocenters. The van der Waals surface area contributed by atoms with Gasteiger partial charge < -0.3 is 5.11 Å². The van der Waals surface area contributed by atoms with E-state index >= 15 is 0 Å². The zero-order chi connectivity index (χ0) is 14.9. The van der Waals surface area contributed by atoms with Crippen LogP contribution < -0.4 is 0 Å². The Bertz CT molecular complexity index is 639. The van der Waals surface area contributed by atoms with Gasteiger partial charge in [-0.15, -0.1) is 0 Å². The summed E-state index contributed by atoms with van der Waals surface area (Å²) in [6.07, 6.45) is -4.26. The van der Waals surface area contributed by atoms with Gasteiger partial charge in [-0.25, -0.2) is 0 Å². The first-order chi connectivity index (χ1) is 9.27. The Balaban J connectivity index is 2.30. The van der Waals surface area contributed by atoms with Crippen molar-refractivity contribution in [3.63, 3.8) is 0 Å².